The van der Waals surface area contributed by atoms with Crippen molar-refractivity contribution in [3.63, 3.8) is 0 Å². The van der Waals surface area contributed by atoms with E-state index in [4.69, 9.17) is 11.1 Å². The quantitative estimate of drug-likeness (QED) is 0.135. The Hall–Kier alpha value is -7.98. The van der Waals surface area contributed by atoms with E-state index in [1.807, 2.05) is 126 Å². The van der Waals surface area contributed by atoms with E-state index in [0.29, 0.717) is 28.1 Å². The van der Waals surface area contributed by atoms with Gasteiger partial charge in [-0.1, -0.05) is 169 Å². The fraction of sp³-hybridized carbons (Fsp3) is 0. The number of hydrogen-bond acceptors (Lipinski definition) is 4. The Bertz CT molecular complexity index is 3620. The van der Waals surface area contributed by atoms with E-state index in [-0.39, 0.29) is 45.1 Å². The molecule has 0 atom stereocenters. The van der Waals surface area contributed by atoms with E-state index in [0.717, 1.165) is 72.4 Å². The Morgan fingerprint density at radius 2 is 1.02 bits per heavy atom. The molecule has 11 aromatic rings. The standard InChI is InChI=1S/C60H39N4O.Pt/c1-4-16-42(17-5-1)43-30-32-44(33-31-43)47-34-37-59(61-40-47)64-55-27-11-10-24-53(55)54-36-35-50(39-58(54)64)65-49-23-14-22-48(38-49)62-41-63(57-29-13-12-28-56(57)62)60-51(45-18-6-2-7-19-45)25-15-26-52(60)46-20-8-3-9-21-46;/h1-37,40-41H;/q-3;/i34D,37D,40D;. The van der Waals surface area contributed by atoms with Gasteiger partial charge in [-0.3, -0.25) is 0 Å². The second-order valence-corrected chi connectivity index (χ2v) is 15.8. The van der Waals surface area contributed by atoms with Crippen LogP contribution in [0, 0.1) is 18.8 Å². The maximum absolute atomic E-state index is 9.34. The monoisotopic (exact) mass is 1030 g/mol. The first kappa shape index (κ1) is 37.4. The number of fused-ring (bicyclic) bond motifs is 4. The molecule has 9 aromatic carbocycles. The molecule has 0 radical (unpaired) electrons. The van der Waals surface area contributed by atoms with E-state index in [1.54, 1.807) is 0 Å². The van der Waals surface area contributed by atoms with Crippen molar-refractivity contribution < 1.29 is 29.9 Å². The second-order valence-electron chi connectivity index (χ2n) is 15.8. The van der Waals surface area contributed by atoms with Gasteiger partial charge in [0, 0.05) is 78.0 Å². The van der Waals surface area contributed by atoms with E-state index in [1.165, 1.54) is 0 Å². The summed E-state index contributed by atoms with van der Waals surface area (Å²) in [6.45, 7) is 2.13. The van der Waals surface area contributed by atoms with Crippen LogP contribution in [0.25, 0.3) is 72.1 Å². The van der Waals surface area contributed by atoms with Gasteiger partial charge in [0.25, 0.3) is 0 Å². The van der Waals surface area contributed by atoms with Crippen LogP contribution in [0.4, 0.5) is 22.7 Å². The molecule has 12 rings (SSSR count). The Balaban J connectivity index is 0.00000520. The van der Waals surface area contributed by atoms with Crippen molar-refractivity contribution in [3.05, 3.63) is 249 Å². The van der Waals surface area contributed by atoms with Gasteiger partial charge in [-0.15, -0.1) is 48.1 Å². The molecule has 66 heavy (non-hydrogen) atoms. The van der Waals surface area contributed by atoms with Crippen molar-refractivity contribution in [1.29, 1.82) is 0 Å². The SMILES string of the molecule is [2H]c1nc(-n2c3[c-]c(Oc4[c-]c(N5[CH-]N(c6c(-c7ccccc7)cccc6-c6ccccc6)c6ccccc65)ccc4)ccc3c3ccccc32)c([2H])c([2H])c1-c1ccc(-c2ccccc2)cc1.[Pt]. The summed E-state index contributed by atoms with van der Waals surface area (Å²) in [6.07, 6.45) is -0.0862. The molecule has 1 aliphatic rings. The number of benzene rings is 9. The minimum atomic E-state index is -0.0926. The number of ether oxygens (including phenoxy) is 1. The van der Waals surface area contributed by atoms with E-state index in [9.17, 15) is 2.74 Å². The first-order valence-electron chi connectivity index (χ1n) is 23.0. The van der Waals surface area contributed by atoms with Crippen LogP contribution in [0.5, 0.6) is 11.5 Å². The van der Waals surface area contributed by atoms with Crippen molar-refractivity contribution in [2.75, 3.05) is 9.80 Å². The molecule has 318 valence electrons. The molecule has 0 bridgehead atoms. The summed E-state index contributed by atoms with van der Waals surface area (Å²) in [5.74, 6) is 1.10. The van der Waals surface area contributed by atoms with Crippen molar-refractivity contribution in [1.82, 2.24) is 9.55 Å². The molecule has 0 saturated carbocycles. The molecule has 0 fully saturated rings. The number of anilines is 4. The fourth-order valence-corrected chi connectivity index (χ4v) is 8.88. The minimum absolute atomic E-state index is 0. The third-order valence-electron chi connectivity index (χ3n) is 11.9. The van der Waals surface area contributed by atoms with Crippen LogP contribution >= 0.6 is 0 Å². The predicted octanol–water partition coefficient (Wildman–Crippen LogP) is 15.6. The number of para-hydroxylation sites is 4. The molecule has 0 saturated heterocycles. The Labute approximate surface area is 402 Å². The van der Waals surface area contributed by atoms with Gasteiger partial charge in [0.15, 0.2) is 0 Å². The van der Waals surface area contributed by atoms with Gasteiger partial charge in [-0.2, -0.15) is 12.1 Å². The Kier molecular flexibility index (Phi) is 9.94. The van der Waals surface area contributed by atoms with Gasteiger partial charge in [0.1, 0.15) is 5.82 Å². The van der Waals surface area contributed by atoms with E-state index < -0.39 is 0 Å². The zero-order valence-electron chi connectivity index (χ0n) is 38.3. The third-order valence-corrected chi connectivity index (χ3v) is 11.9. The number of hydrogen-bond donors (Lipinski definition) is 0. The molecule has 1 aliphatic heterocycles. The molecule has 5 nitrogen and oxygen atoms in total. The normalized spacial score (nSPS) is 12.6. The van der Waals surface area contributed by atoms with Gasteiger partial charge in [0.05, 0.1) is 4.11 Å². The summed E-state index contributed by atoms with van der Waals surface area (Å²) in [7, 11) is 0. The largest absolute Gasteiger partial charge is 0.509 e. The van der Waals surface area contributed by atoms with Crippen molar-refractivity contribution >= 4 is 44.6 Å². The average molecular weight is 1030 g/mol. The van der Waals surface area contributed by atoms with Crippen molar-refractivity contribution in [2.24, 2.45) is 0 Å². The molecule has 6 heteroatoms. The summed E-state index contributed by atoms with van der Waals surface area (Å²) < 4.78 is 36.1. The first-order valence-corrected chi connectivity index (χ1v) is 21.5. The van der Waals surface area contributed by atoms with Crippen molar-refractivity contribution in [3.8, 4) is 61.8 Å². The van der Waals surface area contributed by atoms with E-state index in [2.05, 4.69) is 120 Å². The molecule has 0 aliphatic carbocycles. The van der Waals surface area contributed by atoms with Gasteiger partial charge < -0.3 is 19.1 Å². The average Bonchev–Trinajstić information content (AvgIpc) is 3.94. The van der Waals surface area contributed by atoms with Gasteiger partial charge in [0.2, 0.25) is 0 Å². The second kappa shape index (κ2) is 17.5. The van der Waals surface area contributed by atoms with Crippen LogP contribution in [0.15, 0.2) is 231 Å². The number of pyridine rings is 1. The predicted molar refractivity (Wildman–Crippen MR) is 266 cm³/mol. The topological polar surface area (TPSA) is 33.5 Å². The molecule has 0 spiro atoms. The number of aromatic nitrogens is 2. The number of nitrogens with zero attached hydrogens (tertiary/aromatic N) is 4. The Morgan fingerprint density at radius 1 is 0.455 bits per heavy atom. The molecule has 0 amide bonds. The zero-order chi connectivity index (χ0) is 45.7. The Morgan fingerprint density at radius 3 is 1.71 bits per heavy atom. The maximum atomic E-state index is 9.34. The molecule has 0 N–H and O–H groups in total. The summed E-state index contributed by atoms with van der Waals surface area (Å²) in [5.41, 5.74) is 12.8. The number of rotatable bonds is 9. The summed E-state index contributed by atoms with van der Waals surface area (Å²) >= 11 is 0. The van der Waals surface area contributed by atoms with E-state index >= 15 is 0 Å². The van der Waals surface area contributed by atoms with Crippen LogP contribution < -0.4 is 14.5 Å². The van der Waals surface area contributed by atoms with Gasteiger partial charge >= 0.3 is 0 Å². The molecule has 2 aromatic heterocycles. The zero-order valence-corrected chi connectivity index (χ0v) is 37.6. The summed E-state index contributed by atoms with van der Waals surface area (Å²) in [6, 6.07) is 78.1. The summed E-state index contributed by atoms with van der Waals surface area (Å²) in [5, 5.41) is 1.80. The van der Waals surface area contributed by atoms with Crippen LogP contribution in [0.1, 0.15) is 4.11 Å². The van der Waals surface area contributed by atoms with Crippen LogP contribution in [0.3, 0.4) is 0 Å². The first-order chi connectivity index (χ1) is 33.5. The van der Waals surface area contributed by atoms with Crippen LogP contribution in [-0.2, 0) is 21.1 Å². The van der Waals surface area contributed by atoms with Gasteiger partial charge in [-0.05, 0) is 63.5 Å². The minimum Gasteiger partial charge on any atom is -0.509 e. The smallest absolute Gasteiger partial charge is 0.135 e. The molecular weight excluding hydrogens is 988 g/mol. The van der Waals surface area contributed by atoms with Crippen molar-refractivity contribution in [2.45, 2.75) is 0 Å². The van der Waals surface area contributed by atoms with Crippen LogP contribution in [0.2, 0.25) is 0 Å². The molecule has 3 heterocycles. The fourth-order valence-electron chi connectivity index (χ4n) is 8.88. The van der Waals surface area contributed by atoms with Gasteiger partial charge in [-0.25, -0.2) is 4.98 Å². The molecular formula is C60H39N4OPt-3. The molecule has 0 unspecified atom stereocenters. The maximum Gasteiger partial charge on any atom is 0.135 e. The third kappa shape index (κ3) is 7.44. The summed E-state index contributed by atoms with van der Waals surface area (Å²) in [4.78, 5) is 9.15. The van der Waals surface area contributed by atoms with Crippen LogP contribution in [-0.4, -0.2) is 9.55 Å².